The SMILES string of the molecule is COc1ccc(-c2cc(OC)c(O)c(OC)c2)c(C)c1. The van der Waals surface area contributed by atoms with Gasteiger partial charge < -0.3 is 19.3 Å². The van der Waals surface area contributed by atoms with Crippen molar-refractivity contribution in [3.05, 3.63) is 35.9 Å². The number of aryl methyl sites for hydroxylation is 1. The minimum Gasteiger partial charge on any atom is -0.502 e. The second-order valence-electron chi connectivity index (χ2n) is 4.41. The number of hydrogen-bond donors (Lipinski definition) is 1. The summed E-state index contributed by atoms with van der Waals surface area (Å²) >= 11 is 0. The number of phenols is 1. The van der Waals surface area contributed by atoms with Gasteiger partial charge in [-0.2, -0.15) is 0 Å². The highest BCUT2D eigenvalue weighted by molar-refractivity contribution is 5.73. The third kappa shape index (κ3) is 2.50. The third-order valence-electron chi connectivity index (χ3n) is 3.22. The monoisotopic (exact) mass is 274 g/mol. The summed E-state index contributed by atoms with van der Waals surface area (Å²) in [6.45, 7) is 2.00. The lowest BCUT2D eigenvalue weighted by atomic mass is 9.99. The number of rotatable bonds is 4. The lowest BCUT2D eigenvalue weighted by molar-refractivity contribution is 0.340. The molecule has 2 aromatic carbocycles. The Bertz CT molecular complexity index is 595. The van der Waals surface area contributed by atoms with Crippen LogP contribution < -0.4 is 14.2 Å². The first-order chi connectivity index (χ1) is 9.60. The predicted octanol–water partition coefficient (Wildman–Crippen LogP) is 3.39. The van der Waals surface area contributed by atoms with Crippen LogP contribution in [-0.2, 0) is 0 Å². The molecule has 2 aromatic rings. The fourth-order valence-electron chi connectivity index (χ4n) is 2.14. The van der Waals surface area contributed by atoms with Crippen LogP contribution in [0.2, 0.25) is 0 Å². The van der Waals surface area contributed by atoms with Crippen molar-refractivity contribution in [1.82, 2.24) is 0 Å². The summed E-state index contributed by atoms with van der Waals surface area (Å²) < 4.78 is 15.6. The number of methoxy groups -OCH3 is 3. The van der Waals surface area contributed by atoms with E-state index in [0.29, 0.717) is 11.5 Å². The van der Waals surface area contributed by atoms with E-state index in [-0.39, 0.29) is 5.75 Å². The quantitative estimate of drug-likeness (QED) is 0.928. The van der Waals surface area contributed by atoms with Crippen molar-refractivity contribution in [1.29, 1.82) is 0 Å². The van der Waals surface area contributed by atoms with Gasteiger partial charge in [-0.3, -0.25) is 0 Å². The van der Waals surface area contributed by atoms with E-state index in [2.05, 4.69) is 0 Å². The largest absolute Gasteiger partial charge is 0.502 e. The van der Waals surface area contributed by atoms with Crippen molar-refractivity contribution in [2.24, 2.45) is 0 Å². The van der Waals surface area contributed by atoms with Crippen LogP contribution >= 0.6 is 0 Å². The van der Waals surface area contributed by atoms with Gasteiger partial charge in [0.1, 0.15) is 5.75 Å². The lowest BCUT2D eigenvalue weighted by Gasteiger charge is -2.13. The standard InChI is InChI=1S/C16H18O4/c1-10-7-12(18-2)5-6-13(10)11-8-14(19-3)16(17)15(9-11)20-4/h5-9,17H,1-4H3. The van der Waals surface area contributed by atoms with Crippen molar-refractivity contribution in [3.63, 3.8) is 0 Å². The van der Waals surface area contributed by atoms with E-state index in [1.165, 1.54) is 14.2 Å². The molecule has 0 aliphatic carbocycles. The lowest BCUT2D eigenvalue weighted by Crippen LogP contribution is -1.92. The van der Waals surface area contributed by atoms with Crippen molar-refractivity contribution in [2.75, 3.05) is 21.3 Å². The maximum absolute atomic E-state index is 9.94. The van der Waals surface area contributed by atoms with E-state index in [1.807, 2.05) is 25.1 Å². The number of aromatic hydroxyl groups is 1. The molecule has 1 N–H and O–H groups in total. The second kappa shape index (κ2) is 5.74. The Balaban J connectivity index is 2.57. The topological polar surface area (TPSA) is 47.9 Å². The summed E-state index contributed by atoms with van der Waals surface area (Å²) in [6.07, 6.45) is 0. The Morgan fingerprint density at radius 1 is 0.850 bits per heavy atom. The zero-order chi connectivity index (χ0) is 14.7. The maximum Gasteiger partial charge on any atom is 0.200 e. The van der Waals surface area contributed by atoms with Crippen molar-refractivity contribution in [2.45, 2.75) is 6.92 Å². The molecule has 4 heteroatoms. The van der Waals surface area contributed by atoms with Crippen LogP contribution in [0.1, 0.15) is 5.56 Å². The van der Waals surface area contributed by atoms with E-state index in [0.717, 1.165) is 22.4 Å². The minimum absolute atomic E-state index is 0.00455. The molecule has 0 bridgehead atoms. The Morgan fingerprint density at radius 2 is 1.45 bits per heavy atom. The predicted molar refractivity (Wildman–Crippen MR) is 77.9 cm³/mol. The summed E-state index contributed by atoms with van der Waals surface area (Å²) in [6, 6.07) is 9.40. The van der Waals surface area contributed by atoms with E-state index >= 15 is 0 Å². The molecule has 0 amide bonds. The summed E-state index contributed by atoms with van der Waals surface area (Å²) in [5.74, 6) is 1.58. The highest BCUT2D eigenvalue weighted by Crippen LogP contribution is 2.41. The van der Waals surface area contributed by atoms with E-state index in [4.69, 9.17) is 14.2 Å². The first-order valence-corrected chi connectivity index (χ1v) is 6.20. The average molecular weight is 274 g/mol. The van der Waals surface area contributed by atoms with Crippen molar-refractivity contribution >= 4 is 0 Å². The molecule has 0 aromatic heterocycles. The Labute approximate surface area is 118 Å². The fraction of sp³-hybridized carbons (Fsp3) is 0.250. The zero-order valence-electron chi connectivity index (χ0n) is 12.1. The van der Waals surface area contributed by atoms with Gasteiger partial charge in [0.05, 0.1) is 21.3 Å². The number of ether oxygens (including phenoxy) is 3. The Hall–Kier alpha value is -2.36. The number of hydrogen-bond acceptors (Lipinski definition) is 4. The maximum atomic E-state index is 9.94. The summed E-state index contributed by atoms with van der Waals surface area (Å²) in [7, 11) is 4.67. The molecule has 0 saturated heterocycles. The molecule has 0 heterocycles. The van der Waals surface area contributed by atoms with Crippen LogP contribution in [0.3, 0.4) is 0 Å². The molecule has 0 aliphatic heterocycles. The van der Waals surface area contributed by atoms with Crippen LogP contribution in [0.15, 0.2) is 30.3 Å². The van der Waals surface area contributed by atoms with Crippen LogP contribution in [-0.4, -0.2) is 26.4 Å². The highest BCUT2D eigenvalue weighted by Gasteiger charge is 2.13. The molecule has 0 fully saturated rings. The second-order valence-corrected chi connectivity index (χ2v) is 4.41. The van der Waals surface area contributed by atoms with Gasteiger partial charge in [0.15, 0.2) is 11.5 Å². The summed E-state index contributed by atoms with van der Waals surface area (Å²) in [5, 5.41) is 9.94. The molecule has 0 aliphatic rings. The Morgan fingerprint density at radius 3 is 1.90 bits per heavy atom. The fourth-order valence-corrected chi connectivity index (χ4v) is 2.14. The van der Waals surface area contributed by atoms with E-state index in [1.54, 1.807) is 19.2 Å². The van der Waals surface area contributed by atoms with Crippen molar-refractivity contribution in [3.8, 4) is 34.1 Å². The van der Waals surface area contributed by atoms with Crippen LogP contribution in [0.5, 0.6) is 23.0 Å². The van der Waals surface area contributed by atoms with Gasteiger partial charge in [-0.1, -0.05) is 6.07 Å². The third-order valence-corrected chi connectivity index (χ3v) is 3.22. The van der Waals surface area contributed by atoms with E-state index in [9.17, 15) is 5.11 Å². The minimum atomic E-state index is 0.00455. The molecule has 0 saturated carbocycles. The molecule has 0 spiro atoms. The van der Waals surface area contributed by atoms with Gasteiger partial charge in [0.25, 0.3) is 0 Å². The molecular weight excluding hydrogens is 256 g/mol. The molecule has 2 rings (SSSR count). The smallest absolute Gasteiger partial charge is 0.200 e. The highest BCUT2D eigenvalue weighted by atomic mass is 16.5. The average Bonchev–Trinajstić information content (AvgIpc) is 2.47. The molecule has 0 atom stereocenters. The number of benzene rings is 2. The van der Waals surface area contributed by atoms with Gasteiger partial charge in [-0.05, 0) is 47.9 Å². The van der Waals surface area contributed by atoms with Crippen LogP contribution in [0.25, 0.3) is 11.1 Å². The molecule has 0 radical (unpaired) electrons. The molecule has 20 heavy (non-hydrogen) atoms. The number of phenolic OH excluding ortho intramolecular Hbond substituents is 1. The van der Waals surface area contributed by atoms with Gasteiger partial charge in [-0.15, -0.1) is 0 Å². The van der Waals surface area contributed by atoms with Crippen LogP contribution in [0.4, 0.5) is 0 Å². The van der Waals surface area contributed by atoms with Crippen molar-refractivity contribution < 1.29 is 19.3 Å². The van der Waals surface area contributed by atoms with E-state index < -0.39 is 0 Å². The van der Waals surface area contributed by atoms with Gasteiger partial charge in [0.2, 0.25) is 5.75 Å². The molecular formula is C16H18O4. The summed E-state index contributed by atoms with van der Waals surface area (Å²) in [4.78, 5) is 0. The molecule has 0 unspecified atom stereocenters. The summed E-state index contributed by atoms with van der Waals surface area (Å²) in [5.41, 5.74) is 3.01. The van der Waals surface area contributed by atoms with Gasteiger partial charge in [-0.25, -0.2) is 0 Å². The molecule has 106 valence electrons. The Kier molecular flexibility index (Phi) is 4.03. The first kappa shape index (κ1) is 14.1. The normalized spacial score (nSPS) is 10.2. The first-order valence-electron chi connectivity index (χ1n) is 6.20. The van der Waals surface area contributed by atoms with Gasteiger partial charge >= 0.3 is 0 Å². The zero-order valence-corrected chi connectivity index (χ0v) is 12.1. The molecule has 4 nitrogen and oxygen atoms in total. The van der Waals surface area contributed by atoms with Crippen LogP contribution in [0, 0.1) is 6.92 Å². The van der Waals surface area contributed by atoms with Gasteiger partial charge in [0, 0.05) is 0 Å².